The number of methoxy groups -OCH3 is 1. The van der Waals surface area contributed by atoms with Gasteiger partial charge < -0.3 is 15.4 Å². The number of hydrogen-bond donors (Lipinski definition) is 2. The van der Waals surface area contributed by atoms with Crippen molar-refractivity contribution in [2.24, 2.45) is 5.73 Å². The molecule has 0 saturated carbocycles. The van der Waals surface area contributed by atoms with Gasteiger partial charge in [0.25, 0.3) is 0 Å². The molecule has 0 aliphatic heterocycles. The molecular weight excluding hydrogens is 252 g/mol. The maximum absolute atomic E-state index is 7.43. The lowest BCUT2D eigenvalue weighted by Crippen LogP contribution is -2.20. The first-order valence-corrected chi connectivity index (χ1v) is 6.26. The van der Waals surface area contributed by atoms with Gasteiger partial charge in [0.15, 0.2) is 0 Å². The van der Waals surface area contributed by atoms with Gasteiger partial charge in [-0.15, -0.1) is 0 Å². The summed E-state index contributed by atoms with van der Waals surface area (Å²) in [6.07, 6.45) is 0. The molecule has 3 N–H and O–H groups in total. The first-order valence-electron chi connectivity index (χ1n) is 6.26. The maximum Gasteiger partial charge on any atom is 0.141 e. The van der Waals surface area contributed by atoms with E-state index in [0.29, 0.717) is 12.2 Å². The highest BCUT2D eigenvalue weighted by Gasteiger charge is 2.08. The van der Waals surface area contributed by atoms with Gasteiger partial charge >= 0.3 is 0 Å². The van der Waals surface area contributed by atoms with Crippen LogP contribution in [0.15, 0.2) is 42.5 Å². The number of nitrogens with one attached hydrogen (secondary N) is 1. The van der Waals surface area contributed by atoms with E-state index in [1.807, 2.05) is 48.3 Å². The molecule has 0 unspecified atom stereocenters. The van der Waals surface area contributed by atoms with Crippen LogP contribution in [0.2, 0.25) is 0 Å². The van der Waals surface area contributed by atoms with Gasteiger partial charge in [0.2, 0.25) is 0 Å². The van der Waals surface area contributed by atoms with E-state index in [4.69, 9.17) is 15.9 Å². The van der Waals surface area contributed by atoms with Gasteiger partial charge in [0.05, 0.1) is 7.11 Å². The molecule has 2 aromatic rings. The molecule has 0 radical (unpaired) electrons. The Hall–Kier alpha value is -2.56. The molecule has 0 atom stereocenters. The largest absolute Gasteiger partial charge is 0.496 e. The third-order valence-corrected chi connectivity index (χ3v) is 3.00. The fourth-order valence-corrected chi connectivity index (χ4v) is 1.96. The zero-order chi connectivity index (χ0) is 14.5. The Balaban J connectivity index is 2.21. The van der Waals surface area contributed by atoms with Crippen LogP contribution < -0.4 is 15.4 Å². The van der Waals surface area contributed by atoms with E-state index in [2.05, 4.69) is 4.98 Å². The molecule has 5 nitrogen and oxygen atoms in total. The minimum atomic E-state index is -0.0301. The Morgan fingerprint density at radius 1 is 1.25 bits per heavy atom. The third kappa shape index (κ3) is 3.06. The van der Waals surface area contributed by atoms with Crippen molar-refractivity contribution in [1.29, 1.82) is 5.41 Å². The van der Waals surface area contributed by atoms with E-state index in [1.165, 1.54) is 0 Å². The molecular formula is C15H18N4O. The number of benzene rings is 1. The van der Waals surface area contributed by atoms with Crippen molar-refractivity contribution in [3.63, 3.8) is 0 Å². The van der Waals surface area contributed by atoms with Crippen LogP contribution in [0.4, 0.5) is 5.82 Å². The average molecular weight is 270 g/mol. The number of ether oxygens (including phenoxy) is 1. The second-order valence-corrected chi connectivity index (χ2v) is 4.46. The summed E-state index contributed by atoms with van der Waals surface area (Å²) in [5.41, 5.74) is 7.02. The van der Waals surface area contributed by atoms with Crippen molar-refractivity contribution in [1.82, 2.24) is 4.98 Å². The summed E-state index contributed by atoms with van der Waals surface area (Å²) in [4.78, 5) is 6.35. The highest BCUT2D eigenvalue weighted by molar-refractivity contribution is 5.93. The zero-order valence-electron chi connectivity index (χ0n) is 11.6. The number of amidine groups is 1. The maximum atomic E-state index is 7.43. The summed E-state index contributed by atoms with van der Waals surface area (Å²) in [5, 5.41) is 7.43. The Kier molecular flexibility index (Phi) is 4.20. The number of anilines is 1. The lowest BCUT2D eigenvalue weighted by Gasteiger charge is -2.20. The lowest BCUT2D eigenvalue weighted by molar-refractivity contribution is 0.409. The molecule has 0 saturated heterocycles. The first-order chi connectivity index (χ1) is 9.61. The Labute approximate surface area is 118 Å². The van der Waals surface area contributed by atoms with Crippen molar-refractivity contribution in [2.75, 3.05) is 19.1 Å². The lowest BCUT2D eigenvalue weighted by atomic mass is 10.2. The molecule has 0 bridgehead atoms. The van der Waals surface area contributed by atoms with Gasteiger partial charge in [0.1, 0.15) is 23.1 Å². The summed E-state index contributed by atoms with van der Waals surface area (Å²) in [5.74, 6) is 1.59. The van der Waals surface area contributed by atoms with E-state index in [9.17, 15) is 0 Å². The van der Waals surface area contributed by atoms with E-state index in [1.54, 1.807) is 13.2 Å². The van der Waals surface area contributed by atoms with E-state index < -0.39 is 0 Å². The molecule has 0 amide bonds. The number of pyridine rings is 1. The number of aromatic nitrogens is 1. The fraction of sp³-hybridized carbons (Fsp3) is 0.200. The quantitative estimate of drug-likeness (QED) is 0.643. The zero-order valence-corrected chi connectivity index (χ0v) is 11.6. The molecule has 20 heavy (non-hydrogen) atoms. The predicted octanol–water partition coefficient (Wildman–Crippen LogP) is 2.01. The van der Waals surface area contributed by atoms with Gasteiger partial charge in [0, 0.05) is 19.2 Å². The van der Waals surface area contributed by atoms with Crippen LogP contribution in [-0.2, 0) is 6.54 Å². The number of nitrogens with zero attached hydrogens (tertiary/aromatic N) is 2. The van der Waals surface area contributed by atoms with Crippen LogP contribution in [-0.4, -0.2) is 25.0 Å². The Morgan fingerprint density at radius 3 is 2.70 bits per heavy atom. The summed E-state index contributed by atoms with van der Waals surface area (Å²) < 4.78 is 5.34. The van der Waals surface area contributed by atoms with Crippen molar-refractivity contribution in [3.05, 3.63) is 53.7 Å². The molecule has 1 heterocycles. The number of hydrogen-bond acceptors (Lipinski definition) is 4. The summed E-state index contributed by atoms with van der Waals surface area (Å²) in [6, 6.07) is 13.3. The topological polar surface area (TPSA) is 75.2 Å². The summed E-state index contributed by atoms with van der Waals surface area (Å²) in [6.45, 7) is 0.665. The highest BCUT2D eigenvalue weighted by Crippen LogP contribution is 2.21. The van der Waals surface area contributed by atoms with E-state index in [0.717, 1.165) is 17.1 Å². The number of rotatable bonds is 5. The van der Waals surface area contributed by atoms with E-state index >= 15 is 0 Å². The van der Waals surface area contributed by atoms with E-state index in [-0.39, 0.29) is 5.84 Å². The van der Waals surface area contributed by atoms with Crippen LogP contribution in [0.5, 0.6) is 5.75 Å². The number of para-hydroxylation sites is 1. The predicted molar refractivity (Wildman–Crippen MR) is 80.4 cm³/mol. The minimum absolute atomic E-state index is 0.0301. The summed E-state index contributed by atoms with van der Waals surface area (Å²) >= 11 is 0. The monoisotopic (exact) mass is 270 g/mol. The van der Waals surface area contributed by atoms with Crippen molar-refractivity contribution in [2.45, 2.75) is 6.54 Å². The highest BCUT2D eigenvalue weighted by atomic mass is 16.5. The van der Waals surface area contributed by atoms with Gasteiger partial charge in [-0.05, 0) is 18.2 Å². The van der Waals surface area contributed by atoms with Crippen molar-refractivity contribution >= 4 is 11.7 Å². The second kappa shape index (κ2) is 6.06. The SMILES string of the molecule is COc1ccccc1CN(C)c1cccc(C(=N)N)n1. The molecule has 1 aromatic carbocycles. The van der Waals surface area contributed by atoms with Crippen LogP contribution in [0.1, 0.15) is 11.3 Å². The van der Waals surface area contributed by atoms with Gasteiger partial charge in [-0.25, -0.2) is 4.98 Å². The third-order valence-electron chi connectivity index (χ3n) is 3.00. The molecule has 104 valence electrons. The average Bonchev–Trinajstić information content (AvgIpc) is 2.48. The molecule has 0 aliphatic rings. The van der Waals surface area contributed by atoms with Crippen LogP contribution in [0.3, 0.4) is 0 Å². The number of nitrogen functional groups attached to an aromatic ring is 1. The van der Waals surface area contributed by atoms with Gasteiger partial charge in [-0.3, -0.25) is 5.41 Å². The smallest absolute Gasteiger partial charge is 0.141 e. The molecule has 2 rings (SSSR count). The summed E-state index contributed by atoms with van der Waals surface area (Å²) in [7, 11) is 3.60. The minimum Gasteiger partial charge on any atom is -0.496 e. The standard InChI is InChI=1S/C15H18N4O/c1-19(10-11-6-3-4-8-13(11)20-2)14-9-5-7-12(18-14)15(16)17/h3-9H,10H2,1-2H3,(H3,16,17). The number of nitrogens with two attached hydrogens (primary N) is 1. The first kappa shape index (κ1) is 13.9. The molecule has 5 heteroatoms. The van der Waals surface area contributed by atoms with Crippen LogP contribution >= 0.6 is 0 Å². The van der Waals surface area contributed by atoms with Gasteiger partial charge in [-0.2, -0.15) is 0 Å². The molecule has 0 fully saturated rings. The molecule has 0 aliphatic carbocycles. The van der Waals surface area contributed by atoms with Gasteiger partial charge in [-0.1, -0.05) is 24.3 Å². The van der Waals surface area contributed by atoms with Crippen molar-refractivity contribution < 1.29 is 4.74 Å². The fourth-order valence-electron chi connectivity index (χ4n) is 1.96. The normalized spacial score (nSPS) is 10.1. The Morgan fingerprint density at radius 2 is 2.00 bits per heavy atom. The van der Waals surface area contributed by atoms with Crippen LogP contribution in [0.25, 0.3) is 0 Å². The molecule has 1 aromatic heterocycles. The van der Waals surface area contributed by atoms with Crippen LogP contribution in [0, 0.1) is 5.41 Å². The molecule has 0 spiro atoms. The second-order valence-electron chi connectivity index (χ2n) is 4.46. The Bertz CT molecular complexity index is 612. The van der Waals surface area contributed by atoms with Crippen molar-refractivity contribution in [3.8, 4) is 5.75 Å².